The second kappa shape index (κ2) is 8.35. The molecule has 0 saturated heterocycles. The van der Waals surface area contributed by atoms with Gasteiger partial charge >= 0.3 is 0 Å². The molecule has 0 aromatic heterocycles. The average Bonchev–Trinajstić information content (AvgIpc) is 2.27. The molecule has 0 saturated carbocycles. The van der Waals surface area contributed by atoms with Crippen LogP contribution in [0.15, 0.2) is 18.2 Å². The number of hydrogen-bond donors (Lipinski definition) is 2. The molecular weight excluding hydrogens is 250 g/mol. The van der Waals surface area contributed by atoms with Crippen molar-refractivity contribution in [3.8, 4) is 5.75 Å². The summed E-state index contributed by atoms with van der Waals surface area (Å²) < 4.78 is 5.62. The first kappa shape index (κ1) is 17.2. The van der Waals surface area contributed by atoms with Crippen LogP contribution in [0.5, 0.6) is 5.75 Å². The lowest BCUT2D eigenvalue weighted by atomic mass is 10.1. The second-order valence-electron chi connectivity index (χ2n) is 4.80. The van der Waals surface area contributed by atoms with Crippen LogP contribution in [-0.4, -0.2) is 30.4 Å². The van der Waals surface area contributed by atoms with E-state index in [1.165, 1.54) is 5.56 Å². The molecule has 0 bridgehead atoms. The van der Waals surface area contributed by atoms with Crippen molar-refractivity contribution in [2.45, 2.75) is 39.8 Å². The summed E-state index contributed by atoms with van der Waals surface area (Å²) in [4.78, 5) is 0. The zero-order valence-electron chi connectivity index (χ0n) is 11.5. The predicted octanol–water partition coefficient (Wildman–Crippen LogP) is -0.955. The third-order valence-corrected chi connectivity index (χ3v) is 2.54. The quantitative estimate of drug-likeness (QED) is 0.701. The molecule has 1 unspecified atom stereocenters. The number of ether oxygens (including phenoxy) is 1. The van der Waals surface area contributed by atoms with Gasteiger partial charge in [0.15, 0.2) is 0 Å². The van der Waals surface area contributed by atoms with E-state index in [-0.39, 0.29) is 12.4 Å². The molecule has 1 aromatic carbocycles. The molecule has 0 aliphatic rings. The van der Waals surface area contributed by atoms with Gasteiger partial charge in [-0.1, -0.05) is 26.0 Å². The molecule has 2 N–H and O–H groups in total. The molecule has 3 nitrogen and oxygen atoms in total. The minimum absolute atomic E-state index is 0. The molecule has 18 heavy (non-hydrogen) atoms. The molecule has 1 rings (SSSR count). The van der Waals surface area contributed by atoms with E-state index >= 15 is 0 Å². The Bertz CT molecular complexity index is 356. The predicted molar refractivity (Wildman–Crippen MR) is 70.6 cm³/mol. The zero-order valence-corrected chi connectivity index (χ0v) is 12.3. The van der Waals surface area contributed by atoms with Crippen LogP contribution < -0.4 is 22.5 Å². The molecule has 104 valence electrons. The van der Waals surface area contributed by atoms with Gasteiger partial charge in [-0.05, 0) is 31.0 Å². The van der Waals surface area contributed by atoms with Crippen molar-refractivity contribution in [3.63, 3.8) is 0 Å². The summed E-state index contributed by atoms with van der Waals surface area (Å²) in [6, 6.07) is 6.46. The maximum absolute atomic E-state index is 9.73. The first-order valence-electron chi connectivity index (χ1n) is 6.10. The number of hydrogen-bond acceptors (Lipinski definition) is 3. The monoisotopic (exact) mass is 272 g/mol. The minimum atomic E-state index is -0.475. The van der Waals surface area contributed by atoms with E-state index in [2.05, 4.69) is 25.2 Å². The Balaban J connectivity index is 0.00000289. The fourth-order valence-electron chi connectivity index (χ4n) is 1.48. The maximum Gasteiger partial charge on any atom is 0.122 e. The van der Waals surface area contributed by atoms with E-state index in [1.54, 1.807) is 0 Å². The Morgan fingerprint density at radius 3 is 2.56 bits per heavy atom. The number of nitrogens with one attached hydrogen (secondary N) is 1. The fourth-order valence-corrected chi connectivity index (χ4v) is 1.48. The van der Waals surface area contributed by atoms with Gasteiger partial charge in [0.25, 0.3) is 0 Å². The number of rotatable bonds is 6. The summed E-state index contributed by atoms with van der Waals surface area (Å²) >= 11 is 0. The fraction of sp³-hybridized carbons (Fsp3) is 0.571. The topological polar surface area (TPSA) is 41.5 Å². The largest absolute Gasteiger partial charge is 1.00 e. The van der Waals surface area contributed by atoms with Crippen molar-refractivity contribution in [3.05, 3.63) is 29.3 Å². The first-order valence-corrected chi connectivity index (χ1v) is 6.10. The molecule has 0 heterocycles. The van der Waals surface area contributed by atoms with Gasteiger partial charge in [-0.15, -0.1) is 0 Å². The number of halogens is 1. The smallest absolute Gasteiger partial charge is 0.122 e. The Morgan fingerprint density at radius 1 is 1.28 bits per heavy atom. The third kappa shape index (κ3) is 6.24. The van der Waals surface area contributed by atoms with Crippen molar-refractivity contribution < 1.29 is 22.3 Å². The summed E-state index contributed by atoms with van der Waals surface area (Å²) in [5, 5.41) is 12.9. The van der Waals surface area contributed by atoms with Gasteiger partial charge in [0.2, 0.25) is 0 Å². The van der Waals surface area contributed by atoms with Crippen molar-refractivity contribution in [2.24, 2.45) is 0 Å². The third-order valence-electron chi connectivity index (χ3n) is 2.54. The molecule has 1 atom stereocenters. The van der Waals surface area contributed by atoms with E-state index in [0.29, 0.717) is 19.2 Å². The van der Waals surface area contributed by atoms with Crippen molar-refractivity contribution in [1.82, 2.24) is 5.32 Å². The van der Waals surface area contributed by atoms with Gasteiger partial charge < -0.3 is 27.6 Å². The van der Waals surface area contributed by atoms with E-state index in [4.69, 9.17) is 4.74 Å². The highest BCUT2D eigenvalue weighted by Gasteiger charge is 2.07. The summed E-state index contributed by atoms with van der Waals surface area (Å²) in [5.74, 6) is 0.855. The molecule has 0 amide bonds. The van der Waals surface area contributed by atoms with Crippen LogP contribution in [0, 0.1) is 13.8 Å². The van der Waals surface area contributed by atoms with Gasteiger partial charge in [-0.3, -0.25) is 0 Å². The number of aliphatic hydroxyl groups excluding tert-OH is 1. The summed E-state index contributed by atoms with van der Waals surface area (Å²) in [7, 11) is 0. The molecular formula is C14H23ClNO2-. The normalized spacial score (nSPS) is 12.1. The molecule has 0 radical (unpaired) electrons. The van der Waals surface area contributed by atoms with E-state index in [1.807, 2.05) is 26.0 Å². The Morgan fingerprint density at radius 2 is 1.94 bits per heavy atom. The van der Waals surface area contributed by atoms with Crippen molar-refractivity contribution >= 4 is 0 Å². The standard InChI is InChI=1S/C14H23NO2.ClH/c1-10(2)15-8-13(16)9-17-14-7-11(3)5-6-12(14)4;/h5-7,10,13,15-16H,8-9H2,1-4H3;1H/p-1. The van der Waals surface area contributed by atoms with Crippen LogP contribution in [0.4, 0.5) is 0 Å². The van der Waals surface area contributed by atoms with E-state index in [0.717, 1.165) is 11.3 Å². The van der Waals surface area contributed by atoms with Gasteiger partial charge in [0, 0.05) is 12.6 Å². The molecule has 0 aliphatic carbocycles. The van der Waals surface area contributed by atoms with Crippen LogP contribution in [0.25, 0.3) is 0 Å². The van der Waals surface area contributed by atoms with Gasteiger partial charge in [-0.2, -0.15) is 0 Å². The summed E-state index contributed by atoms with van der Waals surface area (Å²) in [6.45, 7) is 9.03. The maximum atomic E-state index is 9.73. The molecule has 0 spiro atoms. The van der Waals surface area contributed by atoms with Gasteiger partial charge in [0.05, 0.1) is 0 Å². The summed E-state index contributed by atoms with van der Waals surface area (Å²) in [5.41, 5.74) is 2.26. The van der Waals surface area contributed by atoms with Crippen LogP contribution in [-0.2, 0) is 0 Å². The summed E-state index contributed by atoms with van der Waals surface area (Å²) in [6.07, 6.45) is -0.475. The Kier molecular flexibility index (Phi) is 8.00. The van der Waals surface area contributed by atoms with E-state index < -0.39 is 6.10 Å². The number of aryl methyl sites for hydroxylation is 2. The van der Waals surface area contributed by atoms with Crippen molar-refractivity contribution in [1.29, 1.82) is 0 Å². The van der Waals surface area contributed by atoms with E-state index in [9.17, 15) is 5.11 Å². The SMILES string of the molecule is Cc1ccc(C)c(OCC(O)CNC(C)C)c1.[Cl-]. The Hall–Kier alpha value is -0.770. The van der Waals surface area contributed by atoms with Gasteiger partial charge in [-0.25, -0.2) is 0 Å². The van der Waals surface area contributed by atoms with Gasteiger partial charge in [0.1, 0.15) is 18.5 Å². The highest BCUT2D eigenvalue weighted by atomic mass is 35.5. The molecule has 4 heteroatoms. The highest BCUT2D eigenvalue weighted by Crippen LogP contribution is 2.19. The molecule has 1 aromatic rings. The van der Waals surface area contributed by atoms with Crippen molar-refractivity contribution in [2.75, 3.05) is 13.2 Å². The lowest BCUT2D eigenvalue weighted by molar-refractivity contribution is -0.00000564. The lowest BCUT2D eigenvalue weighted by Gasteiger charge is -2.16. The second-order valence-corrected chi connectivity index (χ2v) is 4.80. The lowest BCUT2D eigenvalue weighted by Crippen LogP contribution is -3.00. The van der Waals surface area contributed by atoms with Crippen LogP contribution >= 0.6 is 0 Å². The van der Waals surface area contributed by atoms with Crippen LogP contribution in [0.2, 0.25) is 0 Å². The van der Waals surface area contributed by atoms with Crippen LogP contribution in [0.1, 0.15) is 25.0 Å². The molecule has 0 fully saturated rings. The minimum Gasteiger partial charge on any atom is -1.00 e. The molecule has 0 aliphatic heterocycles. The zero-order chi connectivity index (χ0) is 12.8. The average molecular weight is 273 g/mol. The highest BCUT2D eigenvalue weighted by molar-refractivity contribution is 5.35. The number of aliphatic hydroxyl groups is 1. The Labute approximate surface area is 116 Å². The first-order chi connectivity index (χ1) is 7.99. The number of benzene rings is 1. The van der Waals surface area contributed by atoms with Crippen LogP contribution in [0.3, 0.4) is 0 Å².